The molecule has 0 aliphatic carbocycles. The highest BCUT2D eigenvalue weighted by Crippen LogP contribution is 2.29. The number of rotatable bonds is 4. The van der Waals surface area contributed by atoms with Gasteiger partial charge in [-0.2, -0.15) is 0 Å². The number of aromatic hydroxyl groups is 1. The van der Waals surface area contributed by atoms with Gasteiger partial charge in [-0.1, -0.05) is 6.07 Å². The molecule has 0 radical (unpaired) electrons. The number of nitrogens with two attached hydrogens (primary N) is 1. The zero-order valence-electron chi connectivity index (χ0n) is 8.10. The van der Waals surface area contributed by atoms with Gasteiger partial charge in [0.1, 0.15) is 0 Å². The monoisotopic (exact) mass is 197 g/mol. The molecular weight excluding hydrogens is 182 g/mol. The second-order valence-electron chi connectivity index (χ2n) is 3.02. The molecule has 4 heteroatoms. The Hall–Kier alpha value is -1.26. The van der Waals surface area contributed by atoms with Gasteiger partial charge in [-0.15, -0.1) is 0 Å². The van der Waals surface area contributed by atoms with Gasteiger partial charge >= 0.3 is 0 Å². The number of ether oxygens (including phenoxy) is 1. The summed E-state index contributed by atoms with van der Waals surface area (Å²) in [5.41, 5.74) is 5.96. The van der Waals surface area contributed by atoms with Crippen molar-refractivity contribution < 1.29 is 14.9 Å². The summed E-state index contributed by atoms with van der Waals surface area (Å²) in [7, 11) is 1.48. The van der Waals surface area contributed by atoms with Crippen LogP contribution in [0.3, 0.4) is 0 Å². The quantitative estimate of drug-likeness (QED) is 0.666. The van der Waals surface area contributed by atoms with Crippen LogP contribution >= 0.6 is 0 Å². The summed E-state index contributed by atoms with van der Waals surface area (Å²) < 4.78 is 4.88. The van der Waals surface area contributed by atoms with Crippen molar-refractivity contribution in [2.45, 2.75) is 12.5 Å². The lowest BCUT2D eigenvalue weighted by atomic mass is 10.1. The highest BCUT2D eigenvalue weighted by Gasteiger charge is 2.09. The van der Waals surface area contributed by atoms with Crippen molar-refractivity contribution in [3.63, 3.8) is 0 Å². The first-order valence-electron chi connectivity index (χ1n) is 4.44. The summed E-state index contributed by atoms with van der Waals surface area (Å²) in [6.07, 6.45) is -0.150. The molecule has 0 amide bonds. The minimum atomic E-state index is -0.628. The minimum absolute atomic E-state index is 0.0288. The molecule has 0 fully saturated rings. The largest absolute Gasteiger partial charge is 0.504 e. The lowest BCUT2D eigenvalue weighted by Crippen LogP contribution is -2.06. The SMILES string of the molecule is COc1ccc(C(O)CCN)cc1O. The molecule has 1 rings (SSSR count). The van der Waals surface area contributed by atoms with Crippen molar-refractivity contribution in [1.82, 2.24) is 0 Å². The maximum Gasteiger partial charge on any atom is 0.160 e. The number of aliphatic hydroxyl groups excluding tert-OH is 1. The highest BCUT2D eigenvalue weighted by molar-refractivity contribution is 5.42. The molecule has 4 N–H and O–H groups in total. The predicted octanol–water partition coefficient (Wildman–Crippen LogP) is 0.783. The van der Waals surface area contributed by atoms with Crippen molar-refractivity contribution >= 4 is 0 Å². The fourth-order valence-corrected chi connectivity index (χ4v) is 1.24. The molecular formula is C10H15NO3. The number of aliphatic hydroxyl groups is 1. The molecule has 1 atom stereocenters. The average Bonchev–Trinajstić information content (AvgIpc) is 2.18. The molecule has 14 heavy (non-hydrogen) atoms. The first-order valence-corrected chi connectivity index (χ1v) is 4.44. The van der Waals surface area contributed by atoms with E-state index >= 15 is 0 Å². The van der Waals surface area contributed by atoms with Crippen LogP contribution in [0.2, 0.25) is 0 Å². The Kier molecular flexibility index (Phi) is 3.73. The van der Waals surface area contributed by atoms with Crippen LogP contribution in [0.5, 0.6) is 11.5 Å². The van der Waals surface area contributed by atoms with Crippen LogP contribution in [0.1, 0.15) is 18.1 Å². The fraction of sp³-hybridized carbons (Fsp3) is 0.400. The fourth-order valence-electron chi connectivity index (χ4n) is 1.24. The maximum absolute atomic E-state index is 9.58. The molecule has 0 aliphatic heterocycles. The summed E-state index contributed by atoms with van der Waals surface area (Å²) in [5, 5.41) is 19.0. The Bertz CT molecular complexity index is 301. The van der Waals surface area contributed by atoms with E-state index in [0.29, 0.717) is 24.3 Å². The van der Waals surface area contributed by atoms with Gasteiger partial charge in [-0.05, 0) is 30.7 Å². The van der Waals surface area contributed by atoms with Crippen molar-refractivity contribution in [2.75, 3.05) is 13.7 Å². The van der Waals surface area contributed by atoms with Crippen LogP contribution in [0.25, 0.3) is 0 Å². The van der Waals surface area contributed by atoms with Crippen LogP contribution in [-0.2, 0) is 0 Å². The summed E-state index contributed by atoms with van der Waals surface area (Å²) in [4.78, 5) is 0. The van der Waals surface area contributed by atoms with Crippen molar-refractivity contribution in [2.24, 2.45) is 5.73 Å². The molecule has 1 unspecified atom stereocenters. The van der Waals surface area contributed by atoms with Crippen LogP contribution in [0.15, 0.2) is 18.2 Å². The molecule has 0 saturated carbocycles. The number of methoxy groups -OCH3 is 1. The van der Waals surface area contributed by atoms with Gasteiger partial charge in [-0.25, -0.2) is 0 Å². The molecule has 78 valence electrons. The van der Waals surface area contributed by atoms with E-state index in [2.05, 4.69) is 0 Å². The Morgan fingerprint density at radius 1 is 1.50 bits per heavy atom. The Labute approximate surface area is 82.9 Å². The van der Waals surface area contributed by atoms with E-state index in [9.17, 15) is 10.2 Å². The third-order valence-electron chi connectivity index (χ3n) is 2.03. The molecule has 0 aliphatic rings. The van der Waals surface area contributed by atoms with Gasteiger partial charge in [0, 0.05) is 0 Å². The molecule has 1 aromatic carbocycles. The third kappa shape index (κ3) is 2.37. The van der Waals surface area contributed by atoms with Crippen LogP contribution in [-0.4, -0.2) is 23.9 Å². The normalized spacial score (nSPS) is 12.5. The summed E-state index contributed by atoms with van der Waals surface area (Å²) >= 11 is 0. The molecule has 0 spiro atoms. The van der Waals surface area contributed by atoms with Gasteiger partial charge < -0.3 is 20.7 Å². The van der Waals surface area contributed by atoms with E-state index in [4.69, 9.17) is 10.5 Å². The smallest absolute Gasteiger partial charge is 0.160 e. The number of phenols is 1. The van der Waals surface area contributed by atoms with E-state index in [0.717, 1.165) is 0 Å². The molecule has 0 heterocycles. The second-order valence-corrected chi connectivity index (χ2v) is 3.02. The van der Waals surface area contributed by atoms with Gasteiger partial charge in [0.05, 0.1) is 13.2 Å². The number of phenolic OH excluding ortho intramolecular Hbond substituents is 1. The number of hydrogen-bond donors (Lipinski definition) is 3. The van der Waals surface area contributed by atoms with Crippen molar-refractivity contribution in [1.29, 1.82) is 0 Å². The molecule has 0 bridgehead atoms. The topological polar surface area (TPSA) is 75.7 Å². The first kappa shape index (κ1) is 10.8. The zero-order chi connectivity index (χ0) is 10.6. The molecule has 0 saturated heterocycles. The molecule has 4 nitrogen and oxygen atoms in total. The van der Waals surface area contributed by atoms with E-state index in [-0.39, 0.29) is 5.75 Å². The van der Waals surface area contributed by atoms with Gasteiger partial charge in [0.25, 0.3) is 0 Å². The summed E-state index contributed by atoms with van der Waals surface area (Å²) in [6, 6.07) is 4.81. The lowest BCUT2D eigenvalue weighted by molar-refractivity contribution is 0.170. The summed E-state index contributed by atoms with van der Waals surface area (Å²) in [5.74, 6) is 0.426. The lowest BCUT2D eigenvalue weighted by Gasteiger charge is -2.11. The van der Waals surface area contributed by atoms with E-state index < -0.39 is 6.10 Å². The van der Waals surface area contributed by atoms with Crippen molar-refractivity contribution in [3.05, 3.63) is 23.8 Å². The van der Waals surface area contributed by atoms with E-state index in [1.165, 1.54) is 13.2 Å². The standard InChI is InChI=1S/C10H15NO3/c1-14-10-3-2-7(6-9(10)13)8(12)4-5-11/h2-3,6,8,12-13H,4-5,11H2,1H3. The maximum atomic E-state index is 9.58. The van der Waals surface area contributed by atoms with Gasteiger partial charge in [-0.3, -0.25) is 0 Å². The molecule has 1 aromatic rings. The number of hydrogen-bond acceptors (Lipinski definition) is 4. The van der Waals surface area contributed by atoms with Crippen LogP contribution in [0.4, 0.5) is 0 Å². The summed E-state index contributed by atoms with van der Waals surface area (Å²) in [6.45, 7) is 0.411. The Morgan fingerprint density at radius 3 is 2.71 bits per heavy atom. The van der Waals surface area contributed by atoms with Crippen molar-refractivity contribution in [3.8, 4) is 11.5 Å². The average molecular weight is 197 g/mol. The van der Waals surface area contributed by atoms with E-state index in [1.54, 1.807) is 12.1 Å². The number of benzene rings is 1. The van der Waals surface area contributed by atoms with Crippen LogP contribution in [0, 0.1) is 0 Å². The highest BCUT2D eigenvalue weighted by atomic mass is 16.5. The Balaban J connectivity index is 2.85. The van der Waals surface area contributed by atoms with Gasteiger partial charge in [0.15, 0.2) is 11.5 Å². The predicted molar refractivity (Wildman–Crippen MR) is 53.3 cm³/mol. The van der Waals surface area contributed by atoms with Gasteiger partial charge in [0.2, 0.25) is 0 Å². The minimum Gasteiger partial charge on any atom is -0.504 e. The van der Waals surface area contributed by atoms with E-state index in [1.807, 2.05) is 0 Å². The first-order chi connectivity index (χ1) is 6.69. The third-order valence-corrected chi connectivity index (χ3v) is 2.03. The zero-order valence-corrected chi connectivity index (χ0v) is 8.10. The van der Waals surface area contributed by atoms with Crippen LogP contribution < -0.4 is 10.5 Å². The molecule has 0 aromatic heterocycles. The Morgan fingerprint density at radius 2 is 2.21 bits per heavy atom. The second kappa shape index (κ2) is 4.83.